The summed E-state index contributed by atoms with van der Waals surface area (Å²) in [7, 11) is 0. The molecule has 2 fully saturated rings. The van der Waals surface area contributed by atoms with Gasteiger partial charge < -0.3 is 4.90 Å². The summed E-state index contributed by atoms with van der Waals surface area (Å²) in [4.78, 5) is 11.4. The minimum Gasteiger partial charge on any atom is -0.302 e. The molecule has 3 heteroatoms. The summed E-state index contributed by atoms with van der Waals surface area (Å²) >= 11 is 0. The van der Waals surface area contributed by atoms with Gasteiger partial charge in [0.05, 0.1) is 11.4 Å². The van der Waals surface area contributed by atoms with Crippen molar-refractivity contribution in [3.05, 3.63) is 23.8 Å². The molecule has 3 nitrogen and oxygen atoms in total. The number of piperidine rings is 1. The van der Waals surface area contributed by atoms with Crippen LogP contribution in [0, 0.1) is 12.8 Å². The fourth-order valence-electron chi connectivity index (χ4n) is 2.88. The molecule has 0 spiro atoms. The van der Waals surface area contributed by atoms with E-state index in [0.29, 0.717) is 5.92 Å². The van der Waals surface area contributed by atoms with Crippen LogP contribution in [0.25, 0.3) is 0 Å². The van der Waals surface area contributed by atoms with E-state index in [1.54, 1.807) is 6.20 Å². The number of nitrogens with zero attached hydrogens (tertiary/aromatic N) is 3. The molecule has 0 amide bonds. The lowest BCUT2D eigenvalue weighted by molar-refractivity contribution is 0.343. The summed E-state index contributed by atoms with van der Waals surface area (Å²) in [5.41, 5.74) is 2.35. The highest BCUT2D eigenvalue weighted by molar-refractivity contribution is 5.19. The summed E-state index contributed by atoms with van der Waals surface area (Å²) in [6.45, 7) is 5.84. The lowest BCUT2D eigenvalue weighted by Gasteiger charge is -2.22. The molecule has 0 aromatic carbocycles. The second-order valence-electron chi connectivity index (χ2n) is 4.44. The molecule has 3 rings (SSSR count). The number of hydrogen-bond donors (Lipinski definition) is 0. The molecule has 2 bridgehead atoms. The third-order valence-electron chi connectivity index (χ3n) is 3.60. The number of aromatic nitrogens is 2. The summed E-state index contributed by atoms with van der Waals surface area (Å²) in [6, 6.07) is 0. The zero-order chi connectivity index (χ0) is 9.54. The van der Waals surface area contributed by atoms with Gasteiger partial charge in [0, 0.05) is 31.4 Å². The van der Waals surface area contributed by atoms with E-state index in [1.807, 2.05) is 6.20 Å². The van der Waals surface area contributed by atoms with Gasteiger partial charge in [-0.2, -0.15) is 0 Å². The van der Waals surface area contributed by atoms with Crippen LogP contribution >= 0.6 is 0 Å². The number of fused-ring (bicyclic) bond motifs is 2. The topological polar surface area (TPSA) is 29.0 Å². The molecule has 2 aliphatic rings. The van der Waals surface area contributed by atoms with Crippen molar-refractivity contribution in [3.8, 4) is 0 Å². The second-order valence-corrected chi connectivity index (χ2v) is 4.44. The minimum atomic E-state index is 0.650. The first-order chi connectivity index (χ1) is 6.84. The Labute approximate surface area is 84.2 Å². The predicted molar refractivity (Wildman–Crippen MR) is 54.1 cm³/mol. The Hall–Kier alpha value is -0.960. The van der Waals surface area contributed by atoms with E-state index in [1.165, 1.54) is 31.7 Å². The van der Waals surface area contributed by atoms with E-state index in [-0.39, 0.29) is 0 Å². The molecule has 2 saturated heterocycles. The van der Waals surface area contributed by atoms with Gasteiger partial charge in [-0.05, 0) is 25.8 Å². The van der Waals surface area contributed by atoms with E-state index in [2.05, 4.69) is 21.8 Å². The molecule has 0 saturated carbocycles. The smallest absolute Gasteiger partial charge is 0.0662 e. The maximum Gasteiger partial charge on any atom is 0.0662 e. The van der Waals surface area contributed by atoms with Crippen molar-refractivity contribution in [2.45, 2.75) is 19.3 Å². The van der Waals surface area contributed by atoms with E-state index >= 15 is 0 Å². The van der Waals surface area contributed by atoms with Crippen LogP contribution in [0.3, 0.4) is 0 Å². The molecule has 0 N–H and O–H groups in total. The van der Waals surface area contributed by atoms with Crippen molar-refractivity contribution in [3.63, 3.8) is 0 Å². The van der Waals surface area contributed by atoms with Gasteiger partial charge >= 0.3 is 0 Å². The molecular formula is C11H15N3. The van der Waals surface area contributed by atoms with E-state index < -0.39 is 0 Å². The fourth-order valence-corrected chi connectivity index (χ4v) is 2.88. The zero-order valence-corrected chi connectivity index (χ0v) is 8.48. The van der Waals surface area contributed by atoms with Crippen LogP contribution in [0.15, 0.2) is 12.4 Å². The monoisotopic (exact) mass is 189 g/mol. The molecule has 14 heavy (non-hydrogen) atoms. The van der Waals surface area contributed by atoms with Crippen molar-refractivity contribution in [2.75, 3.05) is 19.6 Å². The highest BCUT2D eigenvalue weighted by Crippen LogP contribution is 2.39. The Morgan fingerprint density at radius 1 is 1.29 bits per heavy atom. The Kier molecular flexibility index (Phi) is 1.80. The third kappa shape index (κ3) is 1.16. The van der Waals surface area contributed by atoms with E-state index in [0.717, 1.165) is 11.6 Å². The molecule has 2 aliphatic heterocycles. The molecule has 74 valence electrons. The maximum absolute atomic E-state index is 4.49. The van der Waals surface area contributed by atoms with Crippen LogP contribution in [-0.4, -0.2) is 34.5 Å². The van der Waals surface area contributed by atoms with Gasteiger partial charge in [0.25, 0.3) is 0 Å². The summed E-state index contributed by atoms with van der Waals surface area (Å²) in [6.07, 6.45) is 4.96. The van der Waals surface area contributed by atoms with Crippen molar-refractivity contribution in [1.29, 1.82) is 0 Å². The first-order valence-electron chi connectivity index (χ1n) is 5.34. The largest absolute Gasteiger partial charge is 0.302 e. The summed E-state index contributed by atoms with van der Waals surface area (Å²) in [5, 5.41) is 0. The van der Waals surface area contributed by atoms with Crippen molar-refractivity contribution >= 4 is 0 Å². The maximum atomic E-state index is 4.49. The lowest BCUT2D eigenvalue weighted by atomic mass is 9.89. The quantitative estimate of drug-likeness (QED) is 0.665. The van der Waals surface area contributed by atoms with Crippen molar-refractivity contribution < 1.29 is 0 Å². The molecule has 2 unspecified atom stereocenters. The molecule has 1 aromatic heterocycles. The molecule has 3 heterocycles. The van der Waals surface area contributed by atoms with Crippen LogP contribution in [0.5, 0.6) is 0 Å². The van der Waals surface area contributed by atoms with Crippen LogP contribution in [-0.2, 0) is 0 Å². The Morgan fingerprint density at radius 2 is 2.14 bits per heavy atom. The highest BCUT2D eigenvalue weighted by atomic mass is 15.2. The summed E-state index contributed by atoms with van der Waals surface area (Å²) in [5.74, 6) is 1.49. The number of aryl methyl sites for hydroxylation is 1. The zero-order valence-electron chi connectivity index (χ0n) is 8.48. The molecule has 0 aliphatic carbocycles. The van der Waals surface area contributed by atoms with Gasteiger partial charge in [-0.25, -0.2) is 0 Å². The number of rotatable bonds is 1. The molecular weight excluding hydrogens is 174 g/mol. The van der Waals surface area contributed by atoms with Crippen LogP contribution in [0.4, 0.5) is 0 Å². The Bertz CT molecular complexity index is 350. The standard InChI is InChI=1S/C11H15N3/c1-8-11(13-4-3-12-8)10-7-14-5-2-9(10)6-14/h3-4,9-10H,2,5-7H2,1H3/t9?,10-/m0/s1. The minimum absolute atomic E-state index is 0.650. The van der Waals surface area contributed by atoms with Gasteiger partial charge in [0.2, 0.25) is 0 Å². The lowest BCUT2D eigenvalue weighted by Crippen LogP contribution is -2.23. The second kappa shape index (κ2) is 3.02. The Balaban J connectivity index is 1.93. The number of hydrogen-bond acceptors (Lipinski definition) is 3. The SMILES string of the molecule is Cc1nccnc1[C@H]1CN2CCC1C2. The van der Waals surface area contributed by atoms with Gasteiger partial charge in [-0.1, -0.05) is 0 Å². The predicted octanol–water partition coefficient (Wildman–Crippen LogP) is 1.20. The average Bonchev–Trinajstić information content (AvgIpc) is 2.79. The third-order valence-corrected chi connectivity index (χ3v) is 3.60. The van der Waals surface area contributed by atoms with Gasteiger partial charge in [0.1, 0.15) is 0 Å². The highest BCUT2D eigenvalue weighted by Gasteiger charge is 2.39. The Morgan fingerprint density at radius 3 is 2.79 bits per heavy atom. The van der Waals surface area contributed by atoms with E-state index in [9.17, 15) is 0 Å². The van der Waals surface area contributed by atoms with E-state index in [4.69, 9.17) is 0 Å². The molecule has 3 atom stereocenters. The van der Waals surface area contributed by atoms with Gasteiger partial charge in [0.15, 0.2) is 0 Å². The van der Waals surface area contributed by atoms with Crippen molar-refractivity contribution in [2.24, 2.45) is 5.92 Å². The average molecular weight is 189 g/mol. The fraction of sp³-hybridized carbons (Fsp3) is 0.636. The summed E-state index contributed by atoms with van der Waals surface area (Å²) < 4.78 is 0. The van der Waals surface area contributed by atoms with Crippen molar-refractivity contribution in [1.82, 2.24) is 14.9 Å². The molecule has 0 radical (unpaired) electrons. The van der Waals surface area contributed by atoms with Gasteiger partial charge in [-0.3, -0.25) is 9.97 Å². The first kappa shape index (κ1) is 8.36. The van der Waals surface area contributed by atoms with Crippen LogP contribution in [0.1, 0.15) is 23.7 Å². The van der Waals surface area contributed by atoms with Crippen LogP contribution < -0.4 is 0 Å². The normalized spacial score (nSPS) is 35.1. The van der Waals surface area contributed by atoms with Crippen LogP contribution in [0.2, 0.25) is 0 Å². The van der Waals surface area contributed by atoms with Gasteiger partial charge in [-0.15, -0.1) is 0 Å². The first-order valence-corrected chi connectivity index (χ1v) is 5.34. The molecule has 1 aromatic rings.